The van der Waals surface area contributed by atoms with Crippen LogP contribution in [-0.2, 0) is 0 Å². The van der Waals surface area contributed by atoms with E-state index in [0.29, 0.717) is 38.9 Å². The lowest BCUT2D eigenvalue weighted by Gasteiger charge is -2.25. The van der Waals surface area contributed by atoms with Crippen LogP contribution >= 0.6 is 11.6 Å². The first-order valence-corrected chi connectivity index (χ1v) is 10.5. The van der Waals surface area contributed by atoms with Gasteiger partial charge in [0.15, 0.2) is 16.9 Å². The van der Waals surface area contributed by atoms with Crippen molar-refractivity contribution in [1.82, 2.24) is 4.98 Å². The summed E-state index contributed by atoms with van der Waals surface area (Å²) in [7, 11) is 3.07. The molecule has 0 spiro atoms. The molecule has 0 fully saturated rings. The summed E-state index contributed by atoms with van der Waals surface area (Å²) in [6, 6.07) is 12.8. The normalized spacial score (nSPS) is 15.1. The summed E-state index contributed by atoms with van der Waals surface area (Å²) < 4.78 is 16.8. The maximum Gasteiger partial charge on any atom is 0.296 e. The molecule has 1 amide bonds. The van der Waals surface area contributed by atoms with E-state index < -0.39 is 11.9 Å². The Morgan fingerprint density at radius 2 is 1.79 bits per heavy atom. The molecule has 0 aliphatic carbocycles. The van der Waals surface area contributed by atoms with Crippen LogP contribution in [0.2, 0.25) is 5.02 Å². The maximum absolute atomic E-state index is 13.6. The molecule has 0 saturated carbocycles. The maximum atomic E-state index is 13.6. The topological polar surface area (TPSA) is 81.9 Å². The molecular formula is C25H19ClN2O5. The number of carbonyl (C=O) groups is 1. The molecule has 0 N–H and O–H groups in total. The zero-order chi connectivity index (χ0) is 23.3. The second kappa shape index (κ2) is 7.94. The van der Waals surface area contributed by atoms with Crippen molar-refractivity contribution < 1.29 is 18.7 Å². The number of rotatable bonds is 4. The Balaban J connectivity index is 1.81. The third-order valence-electron chi connectivity index (χ3n) is 5.70. The number of ether oxygens (including phenoxy) is 2. The van der Waals surface area contributed by atoms with E-state index in [9.17, 15) is 9.59 Å². The summed E-state index contributed by atoms with van der Waals surface area (Å²) in [4.78, 5) is 33.1. The molecule has 1 aliphatic heterocycles. The highest BCUT2D eigenvalue weighted by Gasteiger charge is 2.44. The third-order valence-corrected chi connectivity index (χ3v) is 5.93. The number of anilines is 1. The van der Waals surface area contributed by atoms with Crippen LogP contribution in [0.3, 0.4) is 0 Å². The van der Waals surface area contributed by atoms with Crippen LogP contribution in [0.4, 0.5) is 5.82 Å². The zero-order valence-corrected chi connectivity index (χ0v) is 18.8. The summed E-state index contributed by atoms with van der Waals surface area (Å²) in [6.07, 6.45) is 1.67. The van der Waals surface area contributed by atoms with Gasteiger partial charge in [0.1, 0.15) is 11.4 Å². The second-order valence-corrected chi connectivity index (χ2v) is 8.14. The van der Waals surface area contributed by atoms with E-state index in [0.717, 1.165) is 5.56 Å². The first-order valence-electron chi connectivity index (χ1n) is 10.2. The number of hydrogen-bond acceptors (Lipinski definition) is 6. The molecule has 1 atom stereocenters. The number of nitrogens with zero attached hydrogens (tertiary/aromatic N) is 2. The van der Waals surface area contributed by atoms with Crippen LogP contribution in [0.5, 0.6) is 11.5 Å². The molecule has 166 valence electrons. The Morgan fingerprint density at radius 3 is 2.48 bits per heavy atom. The van der Waals surface area contributed by atoms with Crippen molar-refractivity contribution >= 4 is 34.3 Å². The van der Waals surface area contributed by atoms with Gasteiger partial charge in [-0.05, 0) is 54.4 Å². The van der Waals surface area contributed by atoms with Crippen molar-refractivity contribution in [2.45, 2.75) is 13.0 Å². The number of aryl methyl sites for hydroxylation is 1. The summed E-state index contributed by atoms with van der Waals surface area (Å²) in [5, 5.41) is 0.706. The SMILES string of the molecule is COc1ccc(C2c3c(oc4ccc(Cl)cc4c3=O)C(=O)N2c2ccc(C)cn2)cc1OC. The fourth-order valence-corrected chi connectivity index (χ4v) is 4.29. The number of benzene rings is 2. The second-order valence-electron chi connectivity index (χ2n) is 7.70. The molecule has 7 nitrogen and oxygen atoms in total. The Bertz CT molecular complexity index is 1460. The molecule has 2 aromatic heterocycles. The van der Waals surface area contributed by atoms with Crippen LogP contribution in [0.15, 0.2) is 63.9 Å². The van der Waals surface area contributed by atoms with Crippen molar-refractivity contribution in [1.29, 1.82) is 0 Å². The van der Waals surface area contributed by atoms with Crippen molar-refractivity contribution in [3.8, 4) is 11.5 Å². The summed E-state index contributed by atoms with van der Waals surface area (Å²) in [6.45, 7) is 1.91. The molecule has 5 rings (SSSR count). The van der Waals surface area contributed by atoms with E-state index in [-0.39, 0.29) is 16.8 Å². The molecular weight excluding hydrogens is 444 g/mol. The lowest BCUT2D eigenvalue weighted by Crippen LogP contribution is -2.30. The number of methoxy groups -OCH3 is 2. The molecule has 33 heavy (non-hydrogen) atoms. The van der Waals surface area contributed by atoms with E-state index in [1.165, 1.54) is 12.0 Å². The van der Waals surface area contributed by atoms with Gasteiger partial charge in [-0.3, -0.25) is 14.5 Å². The van der Waals surface area contributed by atoms with Gasteiger partial charge in [0.25, 0.3) is 5.91 Å². The van der Waals surface area contributed by atoms with Crippen molar-refractivity contribution in [3.63, 3.8) is 0 Å². The monoisotopic (exact) mass is 462 g/mol. The molecule has 3 heterocycles. The predicted octanol–water partition coefficient (Wildman–Crippen LogP) is 4.92. The van der Waals surface area contributed by atoms with E-state index in [4.69, 9.17) is 25.5 Å². The zero-order valence-electron chi connectivity index (χ0n) is 18.1. The number of carbonyl (C=O) groups excluding carboxylic acids is 1. The summed E-state index contributed by atoms with van der Waals surface area (Å²) in [5.41, 5.74) is 1.79. The fourth-order valence-electron chi connectivity index (χ4n) is 4.12. The third kappa shape index (κ3) is 3.32. The first kappa shape index (κ1) is 21.0. The lowest BCUT2D eigenvalue weighted by atomic mass is 9.98. The predicted molar refractivity (Wildman–Crippen MR) is 125 cm³/mol. The van der Waals surface area contributed by atoms with Gasteiger partial charge < -0.3 is 13.9 Å². The molecule has 8 heteroatoms. The van der Waals surface area contributed by atoms with Crippen LogP contribution in [0.25, 0.3) is 11.0 Å². The first-order chi connectivity index (χ1) is 15.9. The van der Waals surface area contributed by atoms with E-state index in [1.54, 1.807) is 55.8 Å². The van der Waals surface area contributed by atoms with Gasteiger partial charge in [0, 0.05) is 11.2 Å². The number of halogens is 1. The largest absolute Gasteiger partial charge is 0.493 e. The highest BCUT2D eigenvalue weighted by Crippen LogP contribution is 2.42. The molecule has 0 saturated heterocycles. The standard InChI is InChI=1S/C25H19ClN2O5/c1-13-4-9-20(27-12-13)28-22(14-5-7-18(31-2)19(10-14)32-3)21-23(29)16-11-15(26)6-8-17(16)33-24(21)25(28)30/h4-12,22H,1-3H3. The molecule has 1 aliphatic rings. The molecule has 4 aromatic rings. The Labute approximate surface area is 194 Å². The molecule has 2 aromatic carbocycles. The fraction of sp³-hybridized carbons (Fsp3) is 0.160. The van der Waals surface area contributed by atoms with Crippen molar-refractivity contribution in [2.75, 3.05) is 19.1 Å². The van der Waals surface area contributed by atoms with Gasteiger partial charge in [-0.15, -0.1) is 0 Å². The van der Waals surface area contributed by atoms with Gasteiger partial charge in [-0.25, -0.2) is 4.98 Å². The quantitative estimate of drug-likeness (QED) is 0.428. The minimum absolute atomic E-state index is 0.0167. The van der Waals surface area contributed by atoms with Gasteiger partial charge in [0.05, 0.1) is 31.2 Å². The Kier molecular flexibility index (Phi) is 5.06. The summed E-state index contributed by atoms with van der Waals surface area (Å²) in [5.74, 6) is 0.939. The van der Waals surface area contributed by atoms with Gasteiger partial charge >= 0.3 is 0 Å². The van der Waals surface area contributed by atoms with Crippen LogP contribution in [-0.4, -0.2) is 25.1 Å². The Morgan fingerprint density at radius 1 is 1.00 bits per heavy atom. The number of aromatic nitrogens is 1. The van der Waals surface area contributed by atoms with Crippen LogP contribution in [0.1, 0.15) is 33.3 Å². The number of hydrogen-bond donors (Lipinski definition) is 0. The number of amides is 1. The van der Waals surface area contributed by atoms with E-state index in [2.05, 4.69) is 4.98 Å². The number of pyridine rings is 1. The van der Waals surface area contributed by atoms with Crippen molar-refractivity contribution in [2.24, 2.45) is 0 Å². The van der Waals surface area contributed by atoms with Crippen molar-refractivity contribution in [3.05, 3.63) is 92.4 Å². The minimum Gasteiger partial charge on any atom is -0.493 e. The molecule has 0 bridgehead atoms. The highest BCUT2D eigenvalue weighted by molar-refractivity contribution is 6.31. The lowest BCUT2D eigenvalue weighted by molar-refractivity contribution is 0.0970. The average molecular weight is 463 g/mol. The highest BCUT2D eigenvalue weighted by atomic mass is 35.5. The minimum atomic E-state index is -0.776. The Hall–Kier alpha value is -3.84. The van der Waals surface area contributed by atoms with Gasteiger partial charge in [-0.2, -0.15) is 0 Å². The van der Waals surface area contributed by atoms with Crippen LogP contribution < -0.4 is 19.8 Å². The van der Waals surface area contributed by atoms with E-state index in [1.807, 2.05) is 13.0 Å². The van der Waals surface area contributed by atoms with Gasteiger partial charge in [-0.1, -0.05) is 23.7 Å². The number of fused-ring (bicyclic) bond motifs is 2. The van der Waals surface area contributed by atoms with Crippen LogP contribution in [0, 0.1) is 6.92 Å². The smallest absolute Gasteiger partial charge is 0.296 e. The van der Waals surface area contributed by atoms with Gasteiger partial charge in [0.2, 0.25) is 5.76 Å². The average Bonchev–Trinajstić information content (AvgIpc) is 3.12. The molecule has 1 unspecified atom stereocenters. The van der Waals surface area contributed by atoms with E-state index >= 15 is 0 Å². The molecule has 0 radical (unpaired) electrons. The summed E-state index contributed by atoms with van der Waals surface area (Å²) >= 11 is 6.14.